The van der Waals surface area contributed by atoms with Gasteiger partial charge in [-0.05, 0) is 12.8 Å². The minimum absolute atomic E-state index is 0.0593. The number of nitrogens with zero attached hydrogens (tertiary/aromatic N) is 1. The van der Waals surface area contributed by atoms with Crippen molar-refractivity contribution < 1.29 is 9.53 Å². The predicted molar refractivity (Wildman–Crippen MR) is 78.1 cm³/mol. The molecule has 0 aliphatic carbocycles. The molecule has 0 aliphatic heterocycles. The summed E-state index contributed by atoms with van der Waals surface area (Å²) in [6, 6.07) is 0. The first-order valence-corrected chi connectivity index (χ1v) is 6.89. The van der Waals surface area contributed by atoms with E-state index in [9.17, 15) is 14.4 Å². The summed E-state index contributed by atoms with van der Waals surface area (Å²) < 4.78 is 4.88. The fourth-order valence-corrected chi connectivity index (χ4v) is 1.47. The number of hydrogen-bond acceptors (Lipinski definition) is 5. The number of esters is 1. The number of carbonyl (C=O) groups is 1. The fourth-order valence-electron chi connectivity index (χ4n) is 1.47. The van der Waals surface area contributed by atoms with Crippen LogP contribution in [0.5, 0.6) is 0 Å². The predicted octanol–water partition coefficient (Wildman–Crippen LogP) is 1.07. The van der Waals surface area contributed by atoms with Gasteiger partial charge in [0.1, 0.15) is 5.52 Å². The van der Waals surface area contributed by atoms with Crippen LogP contribution in [-0.4, -0.2) is 32.5 Å². The van der Waals surface area contributed by atoms with Crippen LogP contribution in [0.1, 0.15) is 39.5 Å². The number of H-pyrrole nitrogens is 3. The molecule has 0 aromatic carbocycles. The molecule has 21 heavy (non-hydrogen) atoms. The molecule has 8 nitrogen and oxygen atoms in total. The molecule has 2 rings (SSSR count). The lowest BCUT2D eigenvalue weighted by atomic mass is 10.3. The summed E-state index contributed by atoms with van der Waals surface area (Å²) in [5.41, 5.74) is -0.445. The Kier molecular flexibility index (Phi) is 6.93. The van der Waals surface area contributed by atoms with Crippen molar-refractivity contribution in [2.24, 2.45) is 0 Å². The van der Waals surface area contributed by atoms with E-state index in [0.717, 1.165) is 19.3 Å². The van der Waals surface area contributed by atoms with Crippen LogP contribution < -0.4 is 11.2 Å². The molecule has 0 aliphatic rings. The lowest BCUT2D eigenvalue weighted by molar-refractivity contribution is -0.143. The van der Waals surface area contributed by atoms with Gasteiger partial charge in [0.2, 0.25) is 0 Å². The summed E-state index contributed by atoms with van der Waals surface area (Å²) in [5.74, 6) is -0.0593. The molecule has 2 aromatic rings. The van der Waals surface area contributed by atoms with E-state index in [1.165, 1.54) is 6.33 Å². The summed E-state index contributed by atoms with van der Waals surface area (Å²) in [5, 5.41) is 0. The van der Waals surface area contributed by atoms with Crippen LogP contribution in [0.25, 0.3) is 11.2 Å². The van der Waals surface area contributed by atoms with Gasteiger partial charge in [0, 0.05) is 6.42 Å². The van der Waals surface area contributed by atoms with E-state index in [-0.39, 0.29) is 17.1 Å². The third-order valence-corrected chi connectivity index (χ3v) is 2.54. The van der Waals surface area contributed by atoms with Crippen molar-refractivity contribution in [3.63, 3.8) is 0 Å². The van der Waals surface area contributed by atoms with E-state index in [2.05, 4.69) is 26.9 Å². The van der Waals surface area contributed by atoms with Crippen molar-refractivity contribution in [3.8, 4) is 0 Å². The molecule has 8 heteroatoms. The first kappa shape index (κ1) is 16.7. The maximum atomic E-state index is 10.9. The Morgan fingerprint density at radius 2 is 2.00 bits per heavy atom. The maximum Gasteiger partial charge on any atom is 0.327 e. The second kappa shape index (κ2) is 8.72. The standard InChI is InChI=1S/C8H16O2.C5H4N4O2/c1-3-5-7-10-8(9)6-4-2;10-4-2-3(7-1-6-2)8-5(11)9-4/h3-7H2,1-2H3;1H,(H3,6,7,8,9,10,11). The number of ether oxygens (including phenoxy) is 1. The van der Waals surface area contributed by atoms with Crippen molar-refractivity contribution in [3.05, 3.63) is 27.2 Å². The van der Waals surface area contributed by atoms with Gasteiger partial charge >= 0.3 is 11.7 Å². The molecular weight excluding hydrogens is 276 g/mol. The van der Waals surface area contributed by atoms with Crippen molar-refractivity contribution in [1.29, 1.82) is 0 Å². The molecule has 0 amide bonds. The normalized spacial score (nSPS) is 10.0. The molecule has 3 N–H and O–H groups in total. The Balaban J connectivity index is 0.000000212. The van der Waals surface area contributed by atoms with Gasteiger partial charge in [-0.1, -0.05) is 20.3 Å². The minimum Gasteiger partial charge on any atom is -0.466 e. The highest BCUT2D eigenvalue weighted by molar-refractivity contribution is 5.69. The third kappa shape index (κ3) is 5.64. The van der Waals surface area contributed by atoms with Crippen LogP contribution in [-0.2, 0) is 9.53 Å². The number of unbranched alkanes of at least 4 members (excludes halogenated alkanes) is 1. The van der Waals surface area contributed by atoms with Gasteiger partial charge in [-0.15, -0.1) is 0 Å². The van der Waals surface area contributed by atoms with Crippen molar-refractivity contribution in [2.75, 3.05) is 6.61 Å². The summed E-state index contributed by atoms with van der Waals surface area (Å²) in [7, 11) is 0. The summed E-state index contributed by atoms with van der Waals surface area (Å²) in [6.45, 7) is 4.64. The minimum atomic E-state index is -0.547. The van der Waals surface area contributed by atoms with E-state index in [4.69, 9.17) is 4.74 Å². The Morgan fingerprint density at radius 1 is 1.24 bits per heavy atom. The van der Waals surface area contributed by atoms with E-state index in [0.29, 0.717) is 13.0 Å². The highest BCUT2D eigenvalue weighted by Crippen LogP contribution is 1.94. The largest absolute Gasteiger partial charge is 0.466 e. The summed E-state index contributed by atoms with van der Waals surface area (Å²) in [6.07, 6.45) is 4.85. The first-order valence-electron chi connectivity index (χ1n) is 6.89. The SMILES string of the molecule is CCCCOC(=O)CCC.O=c1[nH]c(=O)c2[nH]cnc2[nH]1. The smallest absolute Gasteiger partial charge is 0.327 e. The highest BCUT2D eigenvalue weighted by Gasteiger charge is 2.00. The fraction of sp³-hybridized carbons (Fsp3) is 0.538. The van der Waals surface area contributed by atoms with Crippen LogP contribution >= 0.6 is 0 Å². The molecular formula is C13H20N4O4. The van der Waals surface area contributed by atoms with E-state index in [1.807, 2.05) is 6.92 Å². The molecule has 0 saturated heterocycles. The molecule has 0 saturated carbocycles. The number of carbonyl (C=O) groups excluding carboxylic acids is 1. The molecule has 0 fully saturated rings. The molecule has 2 heterocycles. The second-order valence-electron chi connectivity index (χ2n) is 4.36. The average Bonchev–Trinajstić information content (AvgIpc) is 2.88. The molecule has 0 atom stereocenters. The average molecular weight is 296 g/mol. The number of nitrogens with one attached hydrogen (secondary N) is 3. The van der Waals surface area contributed by atoms with Gasteiger partial charge in [0.25, 0.3) is 5.56 Å². The zero-order chi connectivity index (χ0) is 15.7. The van der Waals surface area contributed by atoms with Crippen LogP contribution in [0, 0.1) is 0 Å². The van der Waals surface area contributed by atoms with Gasteiger partial charge in [-0.3, -0.25) is 19.6 Å². The number of fused-ring (bicyclic) bond motifs is 1. The van der Waals surface area contributed by atoms with Gasteiger partial charge in [0.05, 0.1) is 12.9 Å². The lowest BCUT2D eigenvalue weighted by Crippen LogP contribution is -2.21. The molecule has 0 radical (unpaired) electrons. The van der Waals surface area contributed by atoms with Crippen molar-refractivity contribution in [1.82, 2.24) is 19.9 Å². The molecule has 0 spiro atoms. The first-order chi connectivity index (χ1) is 10.1. The third-order valence-electron chi connectivity index (χ3n) is 2.54. The zero-order valence-corrected chi connectivity index (χ0v) is 12.2. The Bertz CT molecular complexity index is 670. The molecule has 2 aromatic heterocycles. The second-order valence-corrected chi connectivity index (χ2v) is 4.36. The van der Waals surface area contributed by atoms with Crippen LogP contribution in [0.3, 0.4) is 0 Å². The van der Waals surface area contributed by atoms with Gasteiger partial charge in [0.15, 0.2) is 5.65 Å². The van der Waals surface area contributed by atoms with E-state index < -0.39 is 11.2 Å². The van der Waals surface area contributed by atoms with Crippen LogP contribution in [0.4, 0.5) is 0 Å². The number of aromatic nitrogens is 4. The van der Waals surface area contributed by atoms with Gasteiger partial charge < -0.3 is 9.72 Å². The highest BCUT2D eigenvalue weighted by atomic mass is 16.5. The van der Waals surface area contributed by atoms with Gasteiger partial charge in [-0.25, -0.2) is 9.78 Å². The Hall–Kier alpha value is -2.38. The van der Waals surface area contributed by atoms with Crippen LogP contribution in [0.2, 0.25) is 0 Å². The Labute approximate surface area is 121 Å². The quantitative estimate of drug-likeness (QED) is 0.563. The number of imidazole rings is 1. The summed E-state index contributed by atoms with van der Waals surface area (Å²) >= 11 is 0. The number of aromatic amines is 3. The maximum absolute atomic E-state index is 10.9. The lowest BCUT2D eigenvalue weighted by Gasteiger charge is -2.00. The molecule has 116 valence electrons. The molecule has 0 bridgehead atoms. The van der Waals surface area contributed by atoms with Gasteiger partial charge in [-0.2, -0.15) is 0 Å². The monoisotopic (exact) mass is 296 g/mol. The van der Waals surface area contributed by atoms with Crippen molar-refractivity contribution in [2.45, 2.75) is 39.5 Å². The Morgan fingerprint density at radius 3 is 2.67 bits per heavy atom. The zero-order valence-electron chi connectivity index (χ0n) is 12.2. The summed E-state index contributed by atoms with van der Waals surface area (Å²) in [4.78, 5) is 43.0. The van der Waals surface area contributed by atoms with Crippen LogP contribution in [0.15, 0.2) is 15.9 Å². The number of hydrogen-bond donors (Lipinski definition) is 3. The molecule has 0 unspecified atom stereocenters. The van der Waals surface area contributed by atoms with E-state index >= 15 is 0 Å². The van der Waals surface area contributed by atoms with E-state index in [1.54, 1.807) is 0 Å². The topological polar surface area (TPSA) is 121 Å². The number of rotatable bonds is 5. The van der Waals surface area contributed by atoms with Crippen molar-refractivity contribution >= 4 is 17.1 Å².